The Bertz CT molecular complexity index is 1950. The van der Waals surface area contributed by atoms with Crippen LogP contribution >= 0.6 is 0 Å². The molecule has 0 aromatic heterocycles. The van der Waals surface area contributed by atoms with Crippen molar-refractivity contribution in [2.24, 2.45) is 5.92 Å². The summed E-state index contributed by atoms with van der Waals surface area (Å²) in [6.07, 6.45) is 4.00. The molecular formula is C39H48FN5O9S. The number of amides is 5. The van der Waals surface area contributed by atoms with Gasteiger partial charge in [0.1, 0.15) is 35.1 Å². The predicted molar refractivity (Wildman–Crippen MR) is 198 cm³/mol. The molecule has 0 unspecified atom stereocenters. The van der Waals surface area contributed by atoms with Crippen LogP contribution in [0.3, 0.4) is 0 Å². The highest BCUT2D eigenvalue weighted by molar-refractivity contribution is 7.89. The minimum Gasteiger partial charge on any atom is -0.444 e. The van der Waals surface area contributed by atoms with Crippen molar-refractivity contribution in [1.82, 2.24) is 25.2 Å². The van der Waals surface area contributed by atoms with E-state index in [-0.39, 0.29) is 38.9 Å². The Kier molecular flexibility index (Phi) is 11.6. The third-order valence-electron chi connectivity index (χ3n) is 10.2. The van der Waals surface area contributed by atoms with E-state index in [1.807, 2.05) is 6.08 Å². The molecule has 3 N–H and O–H groups in total. The van der Waals surface area contributed by atoms with Crippen molar-refractivity contribution in [3.63, 3.8) is 0 Å². The summed E-state index contributed by atoms with van der Waals surface area (Å²) in [7, 11) is -4.17. The molecule has 5 atom stereocenters. The van der Waals surface area contributed by atoms with E-state index in [2.05, 4.69) is 15.4 Å². The zero-order valence-electron chi connectivity index (χ0n) is 31.2. The zero-order valence-corrected chi connectivity index (χ0v) is 32.0. The molecule has 14 nitrogen and oxygen atoms in total. The fraction of sp³-hybridized carbons (Fsp3) is 0.513. The van der Waals surface area contributed by atoms with Gasteiger partial charge >= 0.3 is 12.2 Å². The van der Waals surface area contributed by atoms with Gasteiger partial charge in [-0.3, -0.25) is 24.0 Å². The number of halogens is 1. The first-order valence-corrected chi connectivity index (χ1v) is 20.3. The summed E-state index contributed by atoms with van der Waals surface area (Å²) in [5.74, 6) is -3.68. The average molecular weight is 782 g/mol. The maximum absolute atomic E-state index is 14.5. The van der Waals surface area contributed by atoms with Crippen LogP contribution in [0, 0.1) is 11.7 Å². The molecule has 0 bridgehead atoms. The molecule has 296 valence electrons. The molecule has 1 saturated heterocycles. The van der Waals surface area contributed by atoms with Crippen LogP contribution in [0.4, 0.5) is 14.0 Å². The van der Waals surface area contributed by atoms with E-state index in [4.69, 9.17) is 9.47 Å². The molecule has 2 aromatic rings. The Morgan fingerprint density at radius 1 is 1.02 bits per heavy atom. The summed E-state index contributed by atoms with van der Waals surface area (Å²) in [5, 5.41) is 5.45. The molecular weight excluding hydrogens is 734 g/mol. The van der Waals surface area contributed by atoms with Gasteiger partial charge in [0, 0.05) is 24.4 Å². The number of nitrogens with zero attached hydrogens (tertiary/aromatic N) is 2. The lowest BCUT2D eigenvalue weighted by atomic mass is 10.0. The number of alkyl carbamates (subject to hydrolysis) is 1. The summed E-state index contributed by atoms with van der Waals surface area (Å²) in [6.45, 7) is 4.97. The Hall–Kier alpha value is -4.99. The summed E-state index contributed by atoms with van der Waals surface area (Å²) in [4.78, 5) is 71.4. The van der Waals surface area contributed by atoms with Crippen LogP contribution in [0.2, 0.25) is 0 Å². The number of benzene rings is 2. The number of ether oxygens (including phenoxy) is 2. The lowest BCUT2D eigenvalue weighted by Crippen LogP contribution is -2.58. The molecule has 0 radical (unpaired) electrons. The van der Waals surface area contributed by atoms with Crippen molar-refractivity contribution in [3.05, 3.63) is 83.2 Å². The number of fused-ring (bicyclic) bond motifs is 3. The van der Waals surface area contributed by atoms with Gasteiger partial charge in [-0.2, -0.15) is 0 Å². The van der Waals surface area contributed by atoms with Crippen LogP contribution in [-0.2, 0) is 52.7 Å². The number of sulfonamides is 1. The number of hydrogen-bond acceptors (Lipinski definition) is 9. The summed E-state index contributed by atoms with van der Waals surface area (Å²) in [6, 6.07) is 10.6. The van der Waals surface area contributed by atoms with Crippen molar-refractivity contribution in [2.45, 2.75) is 114 Å². The maximum atomic E-state index is 14.5. The summed E-state index contributed by atoms with van der Waals surface area (Å²) < 4.78 is 54.2. The molecule has 4 aliphatic rings. The van der Waals surface area contributed by atoms with Crippen molar-refractivity contribution in [3.8, 4) is 0 Å². The number of carbonyl (C=O) groups is 5. The van der Waals surface area contributed by atoms with Crippen molar-refractivity contribution >= 4 is 39.9 Å². The summed E-state index contributed by atoms with van der Waals surface area (Å²) in [5.41, 5.74) is -0.982. The lowest BCUT2D eigenvalue weighted by molar-refractivity contribution is -0.141. The molecule has 2 fully saturated rings. The Balaban J connectivity index is 1.25. The molecule has 0 spiro atoms. The highest BCUT2D eigenvalue weighted by Gasteiger charge is 2.61. The van der Waals surface area contributed by atoms with Crippen molar-refractivity contribution in [2.75, 3.05) is 6.54 Å². The van der Waals surface area contributed by atoms with Crippen LogP contribution in [0.25, 0.3) is 0 Å². The highest BCUT2D eigenvalue weighted by atomic mass is 32.2. The van der Waals surface area contributed by atoms with Gasteiger partial charge in [-0.15, -0.1) is 0 Å². The van der Waals surface area contributed by atoms with Gasteiger partial charge in [-0.25, -0.2) is 22.4 Å². The molecule has 6 rings (SSSR count). The monoisotopic (exact) mass is 781 g/mol. The van der Waals surface area contributed by atoms with E-state index in [9.17, 15) is 36.8 Å². The topological polar surface area (TPSA) is 181 Å². The minimum atomic E-state index is -4.17. The molecule has 1 aliphatic carbocycles. The number of allylic oxidation sites excluding steroid dienone is 1. The minimum absolute atomic E-state index is 0.0122. The lowest BCUT2D eigenvalue weighted by Gasteiger charge is -2.30. The molecule has 5 amide bonds. The third kappa shape index (κ3) is 9.64. The van der Waals surface area contributed by atoms with E-state index < -0.39 is 86.7 Å². The van der Waals surface area contributed by atoms with Crippen LogP contribution in [-0.4, -0.2) is 84.0 Å². The van der Waals surface area contributed by atoms with Gasteiger partial charge in [0.25, 0.3) is 5.91 Å². The van der Waals surface area contributed by atoms with Gasteiger partial charge < -0.3 is 25.0 Å². The fourth-order valence-corrected chi connectivity index (χ4v) is 8.57. The molecule has 1 saturated carbocycles. The van der Waals surface area contributed by atoms with Gasteiger partial charge in [0.15, 0.2) is 0 Å². The second kappa shape index (κ2) is 16.0. The summed E-state index contributed by atoms with van der Waals surface area (Å²) >= 11 is 0. The van der Waals surface area contributed by atoms with E-state index in [0.29, 0.717) is 36.0 Å². The zero-order chi connectivity index (χ0) is 39.5. The normalized spacial score (nSPS) is 26.3. The van der Waals surface area contributed by atoms with Crippen molar-refractivity contribution in [1.29, 1.82) is 0 Å². The molecule has 2 aromatic carbocycles. The van der Waals surface area contributed by atoms with E-state index >= 15 is 0 Å². The van der Waals surface area contributed by atoms with Crippen molar-refractivity contribution < 1.29 is 46.3 Å². The number of hydrogen-bond donors (Lipinski definition) is 3. The Morgan fingerprint density at radius 2 is 1.78 bits per heavy atom. The second-order valence-corrected chi connectivity index (χ2v) is 17.4. The smallest absolute Gasteiger partial charge is 0.410 e. The number of nitrogens with one attached hydrogen (secondary N) is 3. The average Bonchev–Trinajstić information content (AvgIpc) is 3.40. The first kappa shape index (κ1) is 39.7. The highest BCUT2D eigenvalue weighted by Crippen LogP contribution is 2.46. The van der Waals surface area contributed by atoms with Gasteiger partial charge in [-0.05, 0) is 63.6 Å². The molecule has 3 aliphatic heterocycles. The first-order chi connectivity index (χ1) is 26.0. The van der Waals surface area contributed by atoms with Gasteiger partial charge in [0.05, 0.1) is 18.8 Å². The van der Waals surface area contributed by atoms with Crippen LogP contribution in [0.5, 0.6) is 0 Å². The van der Waals surface area contributed by atoms with E-state index in [1.54, 1.807) is 69.3 Å². The largest absolute Gasteiger partial charge is 0.444 e. The van der Waals surface area contributed by atoms with Gasteiger partial charge in [-0.1, -0.05) is 67.5 Å². The first-order valence-electron chi connectivity index (χ1n) is 18.6. The molecule has 3 heterocycles. The van der Waals surface area contributed by atoms with Crippen LogP contribution in [0.1, 0.15) is 82.4 Å². The maximum Gasteiger partial charge on any atom is 0.410 e. The van der Waals surface area contributed by atoms with E-state index in [1.165, 1.54) is 15.9 Å². The quantitative estimate of drug-likeness (QED) is 0.363. The third-order valence-corrected chi connectivity index (χ3v) is 11.4. The number of carbonyl (C=O) groups excluding carboxylic acids is 5. The van der Waals surface area contributed by atoms with Gasteiger partial charge in [0.2, 0.25) is 21.8 Å². The predicted octanol–water partition coefficient (Wildman–Crippen LogP) is 4.18. The Morgan fingerprint density at radius 3 is 2.51 bits per heavy atom. The van der Waals surface area contributed by atoms with E-state index in [0.717, 1.165) is 6.42 Å². The van der Waals surface area contributed by atoms with Crippen LogP contribution in [0.15, 0.2) is 60.7 Å². The van der Waals surface area contributed by atoms with Crippen LogP contribution < -0.4 is 15.4 Å². The molecule has 16 heteroatoms. The Labute approximate surface area is 320 Å². The molecule has 55 heavy (non-hydrogen) atoms. The SMILES string of the molecule is CC(C)(C)OC(=O)N[C@H]1CCCCC/C=C\[C@H]2C[C@@]2(C(=O)NS(=O)(=O)Cc2ccccc2)NC(=O)[C@@H]2C[C@@H](OC(=O)N3Cc4cccc(F)c4C3)CN2C1=O. The fourth-order valence-electron chi connectivity index (χ4n) is 7.40. The second-order valence-electron chi connectivity index (χ2n) is 15.7. The number of rotatable bonds is 6. The standard InChI is InChI=1S/C39H48FN5O9S/c1-38(2,3)54-36(49)41-31-18-11-6-4-5-10-16-27-20-39(27,35(48)43-55(51,52)24-25-13-8-7-9-14-25)42-33(46)32-19-28(22-45(32)34(31)47)53-37(50)44-21-26-15-12-17-30(40)29(26)23-44/h7-10,12-17,27-28,31-32H,4-6,11,18-24H2,1-3H3,(H,41,49)(H,42,46)(H,43,48)/b16-10-/t27-,28+,31-,32-,39+/m0/s1.